The minimum absolute atomic E-state index is 0.630. The van der Waals surface area contributed by atoms with Gasteiger partial charge in [-0.2, -0.15) is 0 Å². The summed E-state index contributed by atoms with van der Waals surface area (Å²) in [5.74, 6) is 0. The number of nitrogens with one attached hydrogen (secondary N) is 2. The number of rotatable bonds is 3. The van der Waals surface area contributed by atoms with E-state index in [1.165, 1.54) is 12.8 Å². The third-order valence-corrected chi connectivity index (χ3v) is 2.81. The van der Waals surface area contributed by atoms with Crippen LogP contribution in [0.1, 0.15) is 12.8 Å². The first-order valence-electron chi connectivity index (χ1n) is 5.07. The molecule has 1 aromatic rings. The second-order valence-electron chi connectivity index (χ2n) is 3.68. The van der Waals surface area contributed by atoms with Gasteiger partial charge in [0.15, 0.2) is 0 Å². The quantitative estimate of drug-likeness (QED) is 0.801. The van der Waals surface area contributed by atoms with Crippen LogP contribution in [0.15, 0.2) is 24.3 Å². The molecule has 0 radical (unpaired) electrons. The van der Waals surface area contributed by atoms with Gasteiger partial charge in [0.1, 0.15) is 0 Å². The maximum absolute atomic E-state index is 5.80. The Kier molecular flexibility index (Phi) is 3.27. The molecule has 3 heteroatoms. The topological polar surface area (TPSA) is 24.1 Å². The lowest BCUT2D eigenvalue weighted by molar-refractivity contribution is 0.633. The second-order valence-corrected chi connectivity index (χ2v) is 4.12. The predicted octanol–water partition coefficient (Wildman–Crippen LogP) is 2.50. The fourth-order valence-corrected chi connectivity index (χ4v) is 1.87. The van der Waals surface area contributed by atoms with Crippen LogP contribution in [0, 0.1) is 0 Å². The molecule has 2 nitrogen and oxygen atoms in total. The second kappa shape index (κ2) is 4.67. The molecule has 0 unspecified atom stereocenters. The largest absolute Gasteiger partial charge is 0.383 e. The highest BCUT2D eigenvalue weighted by atomic mass is 35.5. The molecule has 0 spiro atoms. The van der Waals surface area contributed by atoms with E-state index in [4.69, 9.17) is 11.6 Å². The van der Waals surface area contributed by atoms with Crippen LogP contribution in [0.2, 0.25) is 5.02 Å². The fourth-order valence-electron chi connectivity index (χ4n) is 1.74. The molecule has 1 saturated heterocycles. The van der Waals surface area contributed by atoms with E-state index in [0.29, 0.717) is 6.04 Å². The van der Waals surface area contributed by atoms with E-state index < -0.39 is 0 Å². The number of hydrogen-bond donors (Lipinski definition) is 2. The Morgan fingerprint density at radius 3 is 2.79 bits per heavy atom. The summed E-state index contributed by atoms with van der Waals surface area (Å²) in [6.07, 6.45) is 2.58. The van der Waals surface area contributed by atoms with Crippen LogP contribution in [0.25, 0.3) is 0 Å². The first kappa shape index (κ1) is 9.81. The van der Waals surface area contributed by atoms with Gasteiger partial charge < -0.3 is 10.6 Å². The Hall–Kier alpha value is -0.730. The van der Waals surface area contributed by atoms with Crippen molar-refractivity contribution in [3.8, 4) is 0 Å². The zero-order valence-electron chi connectivity index (χ0n) is 8.09. The summed E-state index contributed by atoms with van der Waals surface area (Å²) in [5, 5.41) is 7.63. The molecule has 0 aromatic heterocycles. The van der Waals surface area contributed by atoms with Gasteiger partial charge >= 0.3 is 0 Å². The maximum Gasteiger partial charge on any atom is 0.0407 e. The molecule has 1 aliphatic heterocycles. The minimum atomic E-state index is 0.630. The van der Waals surface area contributed by atoms with Gasteiger partial charge in [-0.25, -0.2) is 0 Å². The van der Waals surface area contributed by atoms with Crippen molar-refractivity contribution in [2.75, 3.05) is 18.4 Å². The molecule has 0 bridgehead atoms. The lowest BCUT2D eigenvalue weighted by Gasteiger charge is -2.12. The summed E-state index contributed by atoms with van der Waals surface area (Å²) >= 11 is 5.80. The van der Waals surface area contributed by atoms with E-state index in [-0.39, 0.29) is 0 Å². The number of hydrogen-bond acceptors (Lipinski definition) is 2. The van der Waals surface area contributed by atoms with Gasteiger partial charge in [-0.1, -0.05) is 11.6 Å². The Bertz CT molecular complexity index is 278. The summed E-state index contributed by atoms with van der Waals surface area (Å²) in [6, 6.07) is 8.47. The van der Waals surface area contributed by atoms with Gasteiger partial charge in [-0.3, -0.25) is 0 Å². The highest BCUT2D eigenvalue weighted by Crippen LogP contribution is 2.14. The molecule has 14 heavy (non-hydrogen) atoms. The van der Waals surface area contributed by atoms with Crippen molar-refractivity contribution in [3.05, 3.63) is 29.3 Å². The molecule has 0 amide bonds. The third kappa shape index (κ3) is 2.63. The molecule has 76 valence electrons. The molecular weight excluding hydrogens is 196 g/mol. The highest BCUT2D eigenvalue weighted by molar-refractivity contribution is 6.30. The first-order chi connectivity index (χ1) is 6.84. The van der Waals surface area contributed by atoms with E-state index in [1.807, 2.05) is 24.3 Å². The van der Waals surface area contributed by atoms with Crippen LogP contribution >= 0.6 is 11.6 Å². The molecule has 1 atom stereocenters. The van der Waals surface area contributed by atoms with Crippen molar-refractivity contribution in [2.24, 2.45) is 0 Å². The predicted molar refractivity (Wildman–Crippen MR) is 61.0 cm³/mol. The van der Waals surface area contributed by atoms with Gasteiger partial charge in [-0.05, 0) is 43.7 Å². The SMILES string of the molecule is Clc1ccc(NC[C@H]2CCCN2)cc1. The Morgan fingerprint density at radius 1 is 1.36 bits per heavy atom. The van der Waals surface area contributed by atoms with E-state index in [2.05, 4.69) is 10.6 Å². The zero-order valence-corrected chi connectivity index (χ0v) is 8.85. The van der Waals surface area contributed by atoms with E-state index >= 15 is 0 Å². The minimum Gasteiger partial charge on any atom is -0.383 e. The summed E-state index contributed by atoms with van der Waals surface area (Å²) in [7, 11) is 0. The standard InChI is InChI=1S/C11H15ClN2/c12-9-3-5-10(6-4-9)14-8-11-2-1-7-13-11/h3-6,11,13-14H,1-2,7-8H2/t11-/m1/s1. The Labute approximate surface area is 89.7 Å². The smallest absolute Gasteiger partial charge is 0.0407 e. The van der Waals surface area contributed by atoms with Crippen LogP contribution in [0.4, 0.5) is 5.69 Å². The van der Waals surface area contributed by atoms with Gasteiger partial charge in [-0.15, -0.1) is 0 Å². The number of halogens is 1. The molecular formula is C11H15ClN2. The zero-order chi connectivity index (χ0) is 9.80. The average Bonchev–Trinajstić information content (AvgIpc) is 2.70. The van der Waals surface area contributed by atoms with E-state index in [0.717, 1.165) is 23.8 Å². The van der Waals surface area contributed by atoms with Gasteiger partial charge in [0.25, 0.3) is 0 Å². The summed E-state index contributed by atoms with van der Waals surface area (Å²) < 4.78 is 0. The lowest BCUT2D eigenvalue weighted by atomic mass is 10.2. The monoisotopic (exact) mass is 210 g/mol. The van der Waals surface area contributed by atoms with E-state index in [1.54, 1.807) is 0 Å². The normalized spacial score (nSPS) is 21.1. The Balaban J connectivity index is 1.82. The van der Waals surface area contributed by atoms with Crippen LogP contribution in [-0.4, -0.2) is 19.1 Å². The van der Waals surface area contributed by atoms with Gasteiger partial charge in [0.2, 0.25) is 0 Å². The molecule has 1 heterocycles. The fraction of sp³-hybridized carbons (Fsp3) is 0.455. The maximum atomic E-state index is 5.80. The third-order valence-electron chi connectivity index (χ3n) is 2.56. The van der Waals surface area contributed by atoms with Crippen molar-refractivity contribution in [1.82, 2.24) is 5.32 Å². The van der Waals surface area contributed by atoms with Crippen LogP contribution in [-0.2, 0) is 0 Å². The highest BCUT2D eigenvalue weighted by Gasteiger charge is 2.12. The van der Waals surface area contributed by atoms with Gasteiger partial charge in [0.05, 0.1) is 0 Å². The van der Waals surface area contributed by atoms with Crippen molar-refractivity contribution in [3.63, 3.8) is 0 Å². The van der Waals surface area contributed by atoms with Crippen LogP contribution in [0.3, 0.4) is 0 Å². The molecule has 1 aromatic carbocycles. The van der Waals surface area contributed by atoms with Gasteiger partial charge in [0, 0.05) is 23.3 Å². The average molecular weight is 211 g/mol. The molecule has 0 saturated carbocycles. The molecule has 2 rings (SSSR count). The molecule has 0 aliphatic carbocycles. The summed E-state index contributed by atoms with van der Waals surface area (Å²) in [6.45, 7) is 2.16. The number of anilines is 1. The van der Waals surface area contributed by atoms with Crippen molar-refractivity contribution < 1.29 is 0 Å². The van der Waals surface area contributed by atoms with Crippen molar-refractivity contribution in [1.29, 1.82) is 0 Å². The number of benzene rings is 1. The van der Waals surface area contributed by atoms with Crippen molar-refractivity contribution >= 4 is 17.3 Å². The molecule has 1 fully saturated rings. The van der Waals surface area contributed by atoms with Crippen molar-refractivity contribution in [2.45, 2.75) is 18.9 Å². The lowest BCUT2D eigenvalue weighted by Crippen LogP contribution is -2.29. The summed E-state index contributed by atoms with van der Waals surface area (Å²) in [4.78, 5) is 0. The van der Waals surface area contributed by atoms with E-state index in [9.17, 15) is 0 Å². The first-order valence-corrected chi connectivity index (χ1v) is 5.45. The van der Waals surface area contributed by atoms with Crippen LogP contribution in [0.5, 0.6) is 0 Å². The summed E-state index contributed by atoms with van der Waals surface area (Å²) in [5.41, 5.74) is 1.14. The molecule has 2 N–H and O–H groups in total. The van der Waals surface area contributed by atoms with Crippen LogP contribution < -0.4 is 10.6 Å². The molecule has 1 aliphatic rings. The Morgan fingerprint density at radius 2 is 2.14 bits per heavy atom.